The van der Waals surface area contributed by atoms with Crippen LogP contribution in [0.5, 0.6) is 0 Å². The molecule has 1 unspecified atom stereocenters. The van der Waals surface area contributed by atoms with Gasteiger partial charge in [0.25, 0.3) is 0 Å². The Bertz CT molecular complexity index is 1020. The van der Waals surface area contributed by atoms with Gasteiger partial charge in [-0.15, -0.1) is 0 Å². The summed E-state index contributed by atoms with van der Waals surface area (Å²) in [5.41, 5.74) is 1.68. The number of urea groups is 1. The van der Waals surface area contributed by atoms with Gasteiger partial charge in [0.1, 0.15) is 5.82 Å². The smallest absolute Gasteiger partial charge is 0.315 e. The van der Waals surface area contributed by atoms with Gasteiger partial charge in [-0.2, -0.15) is 0 Å². The molecule has 3 rings (SSSR count). The van der Waals surface area contributed by atoms with E-state index in [-0.39, 0.29) is 29.1 Å². The Morgan fingerprint density at radius 2 is 2.00 bits per heavy atom. The highest BCUT2D eigenvalue weighted by Gasteiger charge is 2.11. The lowest BCUT2D eigenvalue weighted by molar-refractivity contribution is 0.172. The van der Waals surface area contributed by atoms with E-state index in [9.17, 15) is 19.1 Å². The molecule has 0 saturated heterocycles. The third-order valence-electron chi connectivity index (χ3n) is 4.00. The molecule has 8 heteroatoms. The van der Waals surface area contributed by atoms with Crippen LogP contribution in [-0.2, 0) is 6.54 Å². The molecule has 0 fully saturated rings. The molecule has 1 atom stereocenters. The zero-order valence-corrected chi connectivity index (χ0v) is 14.9. The van der Waals surface area contributed by atoms with Crippen LogP contribution in [-0.4, -0.2) is 22.7 Å². The van der Waals surface area contributed by atoms with Gasteiger partial charge in [-0.05, 0) is 41.5 Å². The van der Waals surface area contributed by atoms with Gasteiger partial charge in [0.2, 0.25) is 0 Å². The fourth-order valence-electron chi connectivity index (χ4n) is 2.65. The molecule has 140 valence electrons. The second-order valence-electron chi connectivity index (χ2n) is 6.00. The molecule has 0 radical (unpaired) electrons. The van der Waals surface area contributed by atoms with Gasteiger partial charge < -0.3 is 20.7 Å². The number of hydrogen-bond donors (Lipinski definition) is 4. The maximum absolute atomic E-state index is 13.3. The third kappa shape index (κ3) is 4.84. The SMILES string of the molecule is O=C(NCc1ccc2c(=O)cc[nH]c2c1)NCC(O)c1cc(F)cc(Cl)c1. The van der Waals surface area contributed by atoms with E-state index in [0.29, 0.717) is 10.9 Å². The first kappa shape index (κ1) is 18.9. The number of H-pyrrole nitrogens is 1. The van der Waals surface area contributed by atoms with E-state index in [1.807, 2.05) is 0 Å². The maximum atomic E-state index is 13.3. The first-order chi connectivity index (χ1) is 12.9. The molecule has 4 N–H and O–H groups in total. The Balaban J connectivity index is 1.54. The highest BCUT2D eigenvalue weighted by Crippen LogP contribution is 2.19. The minimum atomic E-state index is -1.09. The predicted octanol–water partition coefficient (Wildman–Crippen LogP) is 2.85. The Morgan fingerprint density at radius 3 is 2.78 bits per heavy atom. The molecule has 0 aliphatic rings. The first-order valence-corrected chi connectivity index (χ1v) is 8.56. The van der Waals surface area contributed by atoms with Crippen LogP contribution in [0.3, 0.4) is 0 Å². The molecule has 0 bridgehead atoms. The molecule has 0 saturated carbocycles. The monoisotopic (exact) mass is 389 g/mol. The van der Waals surface area contributed by atoms with Crippen molar-refractivity contribution in [3.8, 4) is 0 Å². The Kier molecular flexibility index (Phi) is 5.73. The van der Waals surface area contributed by atoms with Crippen molar-refractivity contribution < 1.29 is 14.3 Å². The Morgan fingerprint density at radius 1 is 1.19 bits per heavy atom. The van der Waals surface area contributed by atoms with Crippen LogP contribution in [0.4, 0.5) is 9.18 Å². The molecular formula is C19H17ClFN3O3. The normalized spacial score (nSPS) is 12.0. The van der Waals surface area contributed by atoms with Crippen molar-refractivity contribution >= 4 is 28.5 Å². The maximum Gasteiger partial charge on any atom is 0.315 e. The number of carbonyl (C=O) groups excluding carboxylic acids is 1. The van der Waals surface area contributed by atoms with Crippen LogP contribution in [0.25, 0.3) is 10.9 Å². The Hall–Kier alpha value is -2.90. The molecule has 0 aliphatic carbocycles. The summed E-state index contributed by atoms with van der Waals surface area (Å²) in [6.07, 6.45) is 0.476. The number of benzene rings is 2. The van der Waals surface area contributed by atoms with Crippen molar-refractivity contribution in [3.05, 3.63) is 80.9 Å². The van der Waals surface area contributed by atoms with Gasteiger partial charge in [-0.25, -0.2) is 9.18 Å². The van der Waals surface area contributed by atoms with Crippen LogP contribution >= 0.6 is 11.6 Å². The number of aromatic amines is 1. The number of pyridine rings is 1. The fraction of sp³-hybridized carbons (Fsp3) is 0.158. The number of halogens is 2. The van der Waals surface area contributed by atoms with Crippen molar-refractivity contribution in [3.63, 3.8) is 0 Å². The zero-order chi connectivity index (χ0) is 19.4. The number of amides is 2. The van der Waals surface area contributed by atoms with Crippen LogP contribution < -0.4 is 16.1 Å². The lowest BCUT2D eigenvalue weighted by atomic mass is 10.1. The van der Waals surface area contributed by atoms with Crippen LogP contribution in [0.2, 0.25) is 5.02 Å². The van der Waals surface area contributed by atoms with Gasteiger partial charge >= 0.3 is 6.03 Å². The number of aromatic nitrogens is 1. The third-order valence-corrected chi connectivity index (χ3v) is 4.22. The minimum Gasteiger partial charge on any atom is -0.387 e. The second kappa shape index (κ2) is 8.20. The number of aliphatic hydroxyl groups is 1. The quantitative estimate of drug-likeness (QED) is 0.540. The number of rotatable bonds is 5. The van der Waals surface area contributed by atoms with Gasteiger partial charge in [0.15, 0.2) is 5.43 Å². The average Bonchev–Trinajstić information content (AvgIpc) is 2.63. The summed E-state index contributed by atoms with van der Waals surface area (Å²) in [4.78, 5) is 26.6. The van der Waals surface area contributed by atoms with E-state index in [0.717, 1.165) is 17.7 Å². The van der Waals surface area contributed by atoms with E-state index in [1.54, 1.807) is 24.4 Å². The molecular weight excluding hydrogens is 373 g/mol. The lowest BCUT2D eigenvalue weighted by Crippen LogP contribution is -2.37. The molecule has 2 aromatic carbocycles. The highest BCUT2D eigenvalue weighted by atomic mass is 35.5. The highest BCUT2D eigenvalue weighted by molar-refractivity contribution is 6.30. The number of nitrogens with one attached hydrogen (secondary N) is 3. The molecule has 6 nitrogen and oxygen atoms in total. The lowest BCUT2D eigenvalue weighted by Gasteiger charge is -2.13. The second-order valence-corrected chi connectivity index (χ2v) is 6.44. The van der Waals surface area contributed by atoms with Crippen molar-refractivity contribution in [2.45, 2.75) is 12.6 Å². The van der Waals surface area contributed by atoms with E-state index >= 15 is 0 Å². The number of aliphatic hydroxyl groups excluding tert-OH is 1. The van der Waals surface area contributed by atoms with Gasteiger partial charge in [-0.3, -0.25) is 4.79 Å². The number of fused-ring (bicyclic) bond motifs is 1. The topological polar surface area (TPSA) is 94.2 Å². The Labute approximate surface area is 159 Å². The van der Waals surface area contributed by atoms with Crippen LogP contribution in [0, 0.1) is 5.82 Å². The van der Waals surface area contributed by atoms with Crippen molar-refractivity contribution in [1.82, 2.24) is 15.6 Å². The average molecular weight is 390 g/mol. The largest absolute Gasteiger partial charge is 0.387 e. The van der Waals surface area contributed by atoms with E-state index < -0.39 is 18.0 Å². The predicted molar refractivity (Wildman–Crippen MR) is 101 cm³/mol. The van der Waals surface area contributed by atoms with Crippen molar-refractivity contribution in [2.24, 2.45) is 0 Å². The summed E-state index contributed by atoms with van der Waals surface area (Å²) in [6, 6.07) is 9.91. The fourth-order valence-corrected chi connectivity index (χ4v) is 2.88. The van der Waals surface area contributed by atoms with Gasteiger partial charge in [0.05, 0.1) is 6.10 Å². The summed E-state index contributed by atoms with van der Waals surface area (Å²) in [7, 11) is 0. The van der Waals surface area contributed by atoms with Crippen molar-refractivity contribution in [2.75, 3.05) is 6.54 Å². The molecule has 3 aromatic rings. The van der Waals surface area contributed by atoms with Crippen molar-refractivity contribution in [1.29, 1.82) is 0 Å². The minimum absolute atomic E-state index is 0.0764. The summed E-state index contributed by atoms with van der Waals surface area (Å²) >= 11 is 5.75. The summed E-state index contributed by atoms with van der Waals surface area (Å²) in [6.45, 7) is 0.136. The van der Waals surface area contributed by atoms with E-state index in [4.69, 9.17) is 11.6 Å². The number of carbonyl (C=O) groups is 1. The molecule has 1 heterocycles. The van der Waals surface area contributed by atoms with Gasteiger partial charge in [0, 0.05) is 41.3 Å². The van der Waals surface area contributed by atoms with E-state index in [1.165, 1.54) is 12.1 Å². The summed E-state index contributed by atoms with van der Waals surface area (Å²) in [5, 5.41) is 16.0. The standard InChI is InChI=1S/C19H17ClFN3O3/c20-13-6-12(7-14(21)8-13)18(26)10-24-19(27)23-9-11-1-2-15-16(5-11)22-4-3-17(15)25/h1-8,18,26H,9-10H2,(H,22,25)(H2,23,24,27). The molecule has 0 spiro atoms. The van der Waals surface area contributed by atoms with Crippen LogP contribution in [0.1, 0.15) is 17.2 Å². The molecule has 2 amide bonds. The van der Waals surface area contributed by atoms with Crippen LogP contribution in [0.15, 0.2) is 53.5 Å². The molecule has 1 aromatic heterocycles. The summed E-state index contributed by atoms with van der Waals surface area (Å²) in [5.74, 6) is -0.560. The molecule has 0 aliphatic heterocycles. The zero-order valence-electron chi connectivity index (χ0n) is 14.1. The summed E-state index contributed by atoms with van der Waals surface area (Å²) < 4.78 is 13.3. The first-order valence-electron chi connectivity index (χ1n) is 8.18. The van der Waals surface area contributed by atoms with Gasteiger partial charge in [-0.1, -0.05) is 17.7 Å². The van der Waals surface area contributed by atoms with E-state index in [2.05, 4.69) is 15.6 Å². The molecule has 27 heavy (non-hydrogen) atoms. The number of hydrogen-bond acceptors (Lipinski definition) is 3.